The molecule has 0 saturated carbocycles. The third kappa shape index (κ3) is 2.59. The molecule has 0 aromatic heterocycles. The van der Waals surface area contributed by atoms with Gasteiger partial charge < -0.3 is 10.0 Å². The molecule has 4 heteroatoms. The summed E-state index contributed by atoms with van der Waals surface area (Å²) in [7, 11) is -1.60. The zero-order valence-corrected chi connectivity index (χ0v) is 11.2. The van der Waals surface area contributed by atoms with Gasteiger partial charge in [0.15, 0.2) is 5.78 Å². The number of fused-ring (bicyclic) bond motifs is 1. The Labute approximate surface area is 122 Å². The minimum absolute atomic E-state index is 0.130. The van der Waals surface area contributed by atoms with Gasteiger partial charge in [-0.3, -0.25) is 4.79 Å². The van der Waals surface area contributed by atoms with Crippen molar-refractivity contribution in [2.45, 2.75) is 0 Å². The number of carbonyl (C=O) groups is 1. The quantitative estimate of drug-likeness (QED) is 0.566. The first-order valence-electron chi connectivity index (χ1n) is 6.65. The first kappa shape index (κ1) is 13.6. The van der Waals surface area contributed by atoms with Crippen LogP contribution in [0.1, 0.15) is 15.9 Å². The van der Waals surface area contributed by atoms with E-state index in [0.29, 0.717) is 16.6 Å². The summed E-state index contributed by atoms with van der Waals surface area (Å²) in [6, 6.07) is 19.6. The summed E-state index contributed by atoms with van der Waals surface area (Å²) in [5, 5.41) is 20.4. The van der Waals surface area contributed by atoms with Crippen molar-refractivity contribution in [2.75, 3.05) is 0 Å². The number of hydrogen-bond acceptors (Lipinski definition) is 3. The van der Waals surface area contributed by atoms with Crippen molar-refractivity contribution in [2.24, 2.45) is 0 Å². The molecule has 3 aromatic carbocycles. The molecule has 3 aromatic rings. The number of benzene rings is 3. The second-order valence-electron chi connectivity index (χ2n) is 4.86. The standard InChI is InChI=1S/C17H13BO3/c19-17(12-6-2-1-3-7-12)16-11-14(18(20)21)10-13-8-4-5-9-15(13)16/h1-11,20-21H. The van der Waals surface area contributed by atoms with E-state index in [0.717, 1.165) is 10.8 Å². The maximum absolute atomic E-state index is 12.7. The monoisotopic (exact) mass is 276 g/mol. The second kappa shape index (κ2) is 5.52. The summed E-state index contributed by atoms with van der Waals surface area (Å²) in [6.45, 7) is 0. The van der Waals surface area contributed by atoms with Crippen molar-refractivity contribution in [3.8, 4) is 0 Å². The van der Waals surface area contributed by atoms with Gasteiger partial charge in [0.2, 0.25) is 0 Å². The smallest absolute Gasteiger partial charge is 0.423 e. The molecule has 21 heavy (non-hydrogen) atoms. The molecule has 0 radical (unpaired) electrons. The summed E-state index contributed by atoms with van der Waals surface area (Å²) in [6.07, 6.45) is 0. The average Bonchev–Trinajstić information content (AvgIpc) is 2.54. The van der Waals surface area contributed by atoms with Gasteiger partial charge in [-0.1, -0.05) is 66.7 Å². The number of ketones is 1. The van der Waals surface area contributed by atoms with Crippen LogP contribution in [0.5, 0.6) is 0 Å². The minimum Gasteiger partial charge on any atom is -0.423 e. The van der Waals surface area contributed by atoms with Crippen LogP contribution >= 0.6 is 0 Å². The van der Waals surface area contributed by atoms with Gasteiger partial charge in [0.05, 0.1) is 0 Å². The SMILES string of the molecule is O=C(c1ccccc1)c1cc(B(O)O)cc2ccccc12. The van der Waals surface area contributed by atoms with Gasteiger partial charge in [-0.15, -0.1) is 0 Å². The summed E-state index contributed by atoms with van der Waals surface area (Å²) < 4.78 is 0. The van der Waals surface area contributed by atoms with Gasteiger partial charge in [-0.25, -0.2) is 0 Å². The Morgan fingerprint density at radius 1 is 0.857 bits per heavy atom. The van der Waals surface area contributed by atoms with Gasteiger partial charge in [0.1, 0.15) is 0 Å². The fourth-order valence-electron chi connectivity index (χ4n) is 2.42. The number of carbonyl (C=O) groups excluding carboxylic acids is 1. The van der Waals surface area contributed by atoms with E-state index in [1.54, 1.807) is 36.4 Å². The van der Waals surface area contributed by atoms with Gasteiger partial charge in [-0.2, -0.15) is 0 Å². The van der Waals surface area contributed by atoms with Crippen molar-refractivity contribution in [3.05, 3.63) is 77.9 Å². The predicted molar refractivity (Wildman–Crippen MR) is 83.6 cm³/mol. The normalized spacial score (nSPS) is 10.6. The lowest BCUT2D eigenvalue weighted by atomic mass is 9.77. The molecular weight excluding hydrogens is 263 g/mol. The Balaban J connectivity index is 2.23. The summed E-state index contributed by atoms with van der Waals surface area (Å²) in [4.78, 5) is 12.7. The Kier molecular flexibility index (Phi) is 3.56. The Bertz CT molecular complexity index is 797. The Hall–Kier alpha value is -2.43. The molecule has 0 aliphatic rings. The molecule has 3 nitrogen and oxygen atoms in total. The van der Waals surface area contributed by atoms with Gasteiger partial charge in [-0.05, 0) is 16.2 Å². The lowest BCUT2D eigenvalue weighted by molar-refractivity contribution is 0.104. The molecule has 0 saturated heterocycles. The van der Waals surface area contributed by atoms with Gasteiger partial charge >= 0.3 is 7.12 Å². The molecule has 0 atom stereocenters. The fourth-order valence-corrected chi connectivity index (χ4v) is 2.42. The number of hydrogen-bond donors (Lipinski definition) is 2. The van der Waals surface area contributed by atoms with E-state index >= 15 is 0 Å². The molecule has 0 aliphatic carbocycles. The maximum atomic E-state index is 12.7. The third-order valence-corrected chi connectivity index (χ3v) is 3.46. The minimum atomic E-state index is -1.60. The van der Waals surface area contributed by atoms with Crippen LogP contribution in [0.15, 0.2) is 66.7 Å². The Morgan fingerprint density at radius 3 is 2.24 bits per heavy atom. The maximum Gasteiger partial charge on any atom is 0.488 e. The first-order chi connectivity index (χ1) is 10.2. The second-order valence-corrected chi connectivity index (χ2v) is 4.86. The van der Waals surface area contributed by atoms with E-state index in [-0.39, 0.29) is 5.78 Å². The molecule has 0 amide bonds. The molecular formula is C17H13BO3. The highest BCUT2D eigenvalue weighted by atomic mass is 16.4. The Morgan fingerprint density at radius 2 is 1.52 bits per heavy atom. The molecule has 0 spiro atoms. The highest BCUT2D eigenvalue weighted by molar-refractivity contribution is 6.59. The van der Waals surface area contributed by atoms with E-state index in [1.807, 2.05) is 30.3 Å². The molecule has 0 fully saturated rings. The third-order valence-electron chi connectivity index (χ3n) is 3.46. The zero-order valence-electron chi connectivity index (χ0n) is 11.2. The molecule has 0 heterocycles. The molecule has 3 rings (SSSR count). The lowest BCUT2D eigenvalue weighted by Crippen LogP contribution is -2.30. The fraction of sp³-hybridized carbons (Fsp3) is 0. The van der Waals surface area contributed by atoms with Crippen LogP contribution in [0.4, 0.5) is 0 Å². The molecule has 2 N–H and O–H groups in total. The average molecular weight is 276 g/mol. The topological polar surface area (TPSA) is 57.5 Å². The van der Waals surface area contributed by atoms with Crippen LogP contribution in [0.25, 0.3) is 10.8 Å². The van der Waals surface area contributed by atoms with E-state index in [9.17, 15) is 14.8 Å². The first-order valence-corrected chi connectivity index (χ1v) is 6.65. The van der Waals surface area contributed by atoms with E-state index in [4.69, 9.17) is 0 Å². The van der Waals surface area contributed by atoms with Gasteiger partial charge in [0, 0.05) is 11.1 Å². The van der Waals surface area contributed by atoms with Crippen LogP contribution in [0, 0.1) is 0 Å². The highest BCUT2D eigenvalue weighted by Gasteiger charge is 2.18. The van der Waals surface area contributed by atoms with Crippen LogP contribution in [0.3, 0.4) is 0 Å². The van der Waals surface area contributed by atoms with E-state index in [1.165, 1.54) is 0 Å². The zero-order chi connectivity index (χ0) is 14.8. The summed E-state index contributed by atoms with van der Waals surface area (Å²) in [5.41, 5.74) is 1.36. The summed E-state index contributed by atoms with van der Waals surface area (Å²) >= 11 is 0. The van der Waals surface area contributed by atoms with Crippen LogP contribution in [-0.2, 0) is 0 Å². The van der Waals surface area contributed by atoms with Crippen LogP contribution < -0.4 is 5.46 Å². The van der Waals surface area contributed by atoms with Gasteiger partial charge in [0.25, 0.3) is 0 Å². The van der Waals surface area contributed by atoms with Crippen LogP contribution in [0.2, 0.25) is 0 Å². The summed E-state index contributed by atoms with van der Waals surface area (Å²) in [5.74, 6) is -0.130. The van der Waals surface area contributed by atoms with Crippen molar-refractivity contribution in [1.82, 2.24) is 0 Å². The van der Waals surface area contributed by atoms with Crippen molar-refractivity contribution >= 4 is 29.1 Å². The van der Waals surface area contributed by atoms with Crippen molar-refractivity contribution < 1.29 is 14.8 Å². The van der Waals surface area contributed by atoms with Crippen molar-refractivity contribution in [1.29, 1.82) is 0 Å². The number of rotatable bonds is 3. The highest BCUT2D eigenvalue weighted by Crippen LogP contribution is 2.20. The molecule has 102 valence electrons. The van der Waals surface area contributed by atoms with Crippen LogP contribution in [-0.4, -0.2) is 22.9 Å². The molecule has 0 bridgehead atoms. The predicted octanol–water partition coefficient (Wildman–Crippen LogP) is 1.75. The van der Waals surface area contributed by atoms with E-state index in [2.05, 4.69) is 0 Å². The molecule has 0 aliphatic heterocycles. The van der Waals surface area contributed by atoms with E-state index < -0.39 is 7.12 Å². The lowest BCUT2D eigenvalue weighted by Gasteiger charge is -2.09. The largest absolute Gasteiger partial charge is 0.488 e. The molecule has 0 unspecified atom stereocenters. The van der Waals surface area contributed by atoms with Crippen molar-refractivity contribution in [3.63, 3.8) is 0 Å².